The lowest BCUT2D eigenvalue weighted by Gasteiger charge is -2.19. The summed E-state index contributed by atoms with van der Waals surface area (Å²) in [4.78, 5) is 11.7. The minimum atomic E-state index is -0.533. The maximum absolute atomic E-state index is 11.7. The molecule has 0 atom stereocenters. The third kappa shape index (κ3) is 5.35. The van der Waals surface area contributed by atoms with Gasteiger partial charge in [-0.05, 0) is 63.2 Å². The van der Waals surface area contributed by atoms with Gasteiger partial charge in [0, 0.05) is 16.4 Å². The van der Waals surface area contributed by atoms with Crippen LogP contribution in [0.4, 0.5) is 21.9 Å². The summed E-state index contributed by atoms with van der Waals surface area (Å²) < 4.78 is 10.5. The lowest BCUT2D eigenvalue weighted by Crippen LogP contribution is -2.27. The van der Waals surface area contributed by atoms with Crippen LogP contribution in [-0.4, -0.2) is 18.8 Å². The zero-order chi connectivity index (χ0) is 17.7. The summed E-state index contributed by atoms with van der Waals surface area (Å²) in [6, 6.07) is 12.6. The van der Waals surface area contributed by atoms with Crippen molar-refractivity contribution in [1.82, 2.24) is 0 Å². The van der Waals surface area contributed by atoms with Gasteiger partial charge in [-0.15, -0.1) is 0 Å². The first-order chi connectivity index (χ1) is 11.3. The number of hydrogen-bond donors (Lipinski definition) is 2. The van der Waals surface area contributed by atoms with E-state index < -0.39 is 11.7 Å². The van der Waals surface area contributed by atoms with Gasteiger partial charge in [0.15, 0.2) is 0 Å². The normalized spacial score (nSPS) is 10.9. The highest BCUT2D eigenvalue weighted by Crippen LogP contribution is 2.30. The fourth-order valence-electron chi connectivity index (χ4n) is 1.99. The minimum Gasteiger partial charge on any atom is -0.495 e. The SMILES string of the molecule is COc1ccc(Cl)cc1Nc1ccc(NC(=O)OC(C)(C)C)cc1. The quantitative estimate of drug-likeness (QED) is 0.772. The number of amides is 1. The molecule has 0 aliphatic carbocycles. The first kappa shape index (κ1) is 17.9. The first-order valence-corrected chi connectivity index (χ1v) is 7.85. The molecule has 2 N–H and O–H groups in total. The highest BCUT2D eigenvalue weighted by Gasteiger charge is 2.16. The summed E-state index contributed by atoms with van der Waals surface area (Å²) in [5, 5.41) is 6.53. The Hall–Kier alpha value is -2.40. The fourth-order valence-corrected chi connectivity index (χ4v) is 2.16. The van der Waals surface area contributed by atoms with E-state index >= 15 is 0 Å². The van der Waals surface area contributed by atoms with Crippen LogP contribution in [0.5, 0.6) is 5.75 Å². The Bertz CT molecular complexity index is 709. The minimum absolute atomic E-state index is 0.486. The van der Waals surface area contributed by atoms with Crippen molar-refractivity contribution < 1.29 is 14.3 Å². The third-order valence-corrected chi connectivity index (χ3v) is 3.21. The number of carbonyl (C=O) groups excluding carboxylic acids is 1. The third-order valence-electron chi connectivity index (χ3n) is 2.97. The number of anilines is 3. The zero-order valence-corrected chi connectivity index (χ0v) is 14.9. The van der Waals surface area contributed by atoms with Crippen LogP contribution >= 0.6 is 11.6 Å². The highest BCUT2D eigenvalue weighted by molar-refractivity contribution is 6.31. The number of nitrogens with one attached hydrogen (secondary N) is 2. The summed E-state index contributed by atoms with van der Waals surface area (Å²) in [6.07, 6.45) is -0.486. The Kier molecular flexibility index (Phi) is 5.57. The summed E-state index contributed by atoms with van der Waals surface area (Å²) in [5.74, 6) is 0.690. The van der Waals surface area contributed by atoms with Crippen molar-refractivity contribution in [2.45, 2.75) is 26.4 Å². The van der Waals surface area contributed by atoms with Crippen LogP contribution in [0.2, 0.25) is 5.02 Å². The monoisotopic (exact) mass is 348 g/mol. The fraction of sp³-hybridized carbons (Fsp3) is 0.278. The van der Waals surface area contributed by atoms with Gasteiger partial charge < -0.3 is 14.8 Å². The molecule has 0 fully saturated rings. The average Bonchev–Trinajstić information content (AvgIpc) is 2.47. The van der Waals surface area contributed by atoms with Gasteiger partial charge in [-0.2, -0.15) is 0 Å². The number of rotatable bonds is 4. The zero-order valence-electron chi connectivity index (χ0n) is 14.1. The van der Waals surface area contributed by atoms with Crippen LogP contribution in [-0.2, 0) is 4.74 Å². The Morgan fingerprint density at radius 2 is 1.67 bits per heavy atom. The molecule has 128 valence electrons. The Morgan fingerprint density at radius 1 is 1.04 bits per heavy atom. The topological polar surface area (TPSA) is 59.6 Å². The van der Waals surface area contributed by atoms with E-state index in [1.807, 2.05) is 32.9 Å². The van der Waals surface area contributed by atoms with E-state index in [1.165, 1.54) is 0 Å². The molecular weight excluding hydrogens is 328 g/mol. The molecule has 0 saturated carbocycles. The second-order valence-corrected chi connectivity index (χ2v) is 6.61. The lowest BCUT2D eigenvalue weighted by molar-refractivity contribution is 0.0636. The van der Waals surface area contributed by atoms with Crippen molar-refractivity contribution in [1.29, 1.82) is 0 Å². The maximum Gasteiger partial charge on any atom is 0.412 e. The van der Waals surface area contributed by atoms with Gasteiger partial charge in [0.25, 0.3) is 0 Å². The molecule has 1 amide bonds. The molecule has 24 heavy (non-hydrogen) atoms. The maximum atomic E-state index is 11.7. The summed E-state index contributed by atoms with van der Waals surface area (Å²) in [7, 11) is 1.60. The van der Waals surface area contributed by atoms with E-state index in [-0.39, 0.29) is 0 Å². The molecule has 0 saturated heterocycles. The molecule has 0 heterocycles. The van der Waals surface area contributed by atoms with Crippen molar-refractivity contribution >= 4 is 34.8 Å². The molecule has 0 aliphatic heterocycles. The van der Waals surface area contributed by atoms with E-state index in [0.29, 0.717) is 16.5 Å². The lowest BCUT2D eigenvalue weighted by atomic mass is 10.2. The van der Waals surface area contributed by atoms with Gasteiger partial charge in [0.2, 0.25) is 0 Å². The molecule has 0 unspecified atom stereocenters. The summed E-state index contributed by atoms with van der Waals surface area (Å²) in [6.45, 7) is 5.45. The van der Waals surface area contributed by atoms with Crippen LogP contribution < -0.4 is 15.4 Å². The van der Waals surface area contributed by atoms with Crippen LogP contribution in [0.3, 0.4) is 0 Å². The predicted octanol–water partition coefficient (Wildman–Crippen LogP) is 5.44. The summed E-state index contributed by atoms with van der Waals surface area (Å²) >= 11 is 6.02. The first-order valence-electron chi connectivity index (χ1n) is 7.47. The van der Waals surface area contributed by atoms with E-state index in [4.69, 9.17) is 21.1 Å². The molecule has 5 nitrogen and oxygen atoms in total. The summed E-state index contributed by atoms with van der Waals surface area (Å²) in [5.41, 5.74) is 1.71. The van der Waals surface area contributed by atoms with Crippen LogP contribution in [0.15, 0.2) is 42.5 Å². The van der Waals surface area contributed by atoms with E-state index in [9.17, 15) is 4.79 Å². The molecule has 0 spiro atoms. The van der Waals surface area contributed by atoms with Gasteiger partial charge in [0.05, 0.1) is 12.8 Å². The molecule has 0 aromatic heterocycles. The average molecular weight is 349 g/mol. The number of hydrogen-bond acceptors (Lipinski definition) is 4. The van der Waals surface area contributed by atoms with E-state index in [2.05, 4.69) is 10.6 Å². The largest absolute Gasteiger partial charge is 0.495 e. The number of ether oxygens (including phenoxy) is 2. The van der Waals surface area contributed by atoms with Crippen LogP contribution in [0.1, 0.15) is 20.8 Å². The number of carbonyl (C=O) groups is 1. The van der Waals surface area contributed by atoms with Crippen molar-refractivity contribution in [3.63, 3.8) is 0 Å². The Balaban J connectivity index is 2.05. The van der Waals surface area contributed by atoms with Crippen LogP contribution in [0.25, 0.3) is 0 Å². The van der Waals surface area contributed by atoms with Crippen molar-refractivity contribution in [2.24, 2.45) is 0 Å². The van der Waals surface area contributed by atoms with Gasteiger partial charge in [0.1, 0.15) is 11.4 Å². The second-order valence-electron chi connectivity index (χ2n) is 6.17. The van der Waals surface area contributed by atoms with E-state index in [1.54, 1.807) is 37.4 Å². The molecule has 2 aromatic rings. The number of methoxy groups -OCH3 is 1. The highest BCUT2D eigenvalue weighted by atomic mass is 35.5. The van der Waals surface area contributed by atoms with Crippen molar-refractivity contribution in [2.75, 3.05) is 17.7 Å². The Labute approximate surface area is 146 Å². The number of halogens is 1. The standard InChI is InChI=1S/C18H21ClN2O3/c1-18(2,3)24-17(22)21-14-8-6-13(7-9-14)20-15-11-12(19)5-10-16(15)23-4/h5-11,20H,1-4H3,(H,21,22). The van der Waals surface area contributed by atoms with Crippen molar-refractivity contribution in [3.05, 3.63) is 47.5 Å². The molecule has 2 rings (SSSR count). The van der Waals surface area contributed by atoms with Crippen molar-refractivity contribution in [3.8, 4) is 5.75 Å². The predicted molar refractivity (Wildman–Crippen MR) is 97.6 cm³/mol. The van der Waals surface area contributed by atoms with Crippen LogP contribution in [0, 0.1) is 0 Å². The van der Waals surface area contributed by atoms with Gasteiger partial charge >= 0.3 is 6.09 Å². The van der Waals surface area contributed by atoms with Gasteiger partial charge in [-0.25, -0.2) is 4.79 Å². The second kappa shape index (κ2) is 7.45. The molecule has 0 aliphatic rings. The molecule has 0 bridgehead atoms. The van der Waals surface area contributed by atoms with Gasteiger partial charge in [-0.3, -0.25) is 5.32 Å². The van der Waals surface area contributed by atoms with Gasteiger partial charge in [-0.1, -0.05) is 11.6 Å². The number of benzene rings is 2. The molecule has 0 radical (unpaired) electrons. The Morgan fingerprint density at radius 3 is 2.25 bits per heavy atom. The van der Waals surface area contributed by atoms with E-state index in [0.717, 1.165) is 11.4 Å². The molecule has 2 aromatic carbocycles. The molecular formula is C18H21ClN2O3. The smallest absolute Gasteiger partial charge is 0.412 e. The molecule has 6 heteroatoms.